The van der Waals surface area contributed by atoms with E-state index in [9.17, 15) is 0 Å². The van der Waals surface area contributed by atoms with Crippen molar-refractivity contribution in [2.75, 3.05) is 0 Å². The van der Waals surface area contributed by atoms with Crippen molar-refractivity contribution in [3.8, 4) is 22.6 Å². The van der Waals surface area contributed by atoms with Crippen LogP contribution in [-0.4, -0.2) is 15.0 Å². The monoisotopic (exact) mass is 293 g/mol. The van der Waals surface area contributed by atoms with E-state index in [0.29, 0.717) is 4.64 Å². The Morgan fingerprint density at radius 2 is 1.81 bits per heavy atom. The summed E-state index contributed by atoms with van der Waals surface area (Å²) in [6.07, 6.45) is 3.59. The Labute approximate surface area is 128 Å². The van der Waals surface area contributed by atoms with Crippen molar-refractivity contribution < 1.29 is 0 Å². The Hall–Kier alpha value is -2.33. The first-order valence-electron chi connectivity index (χ1n) is 6.74. The van der Waals surface area contributed by atoms with E-state index in [1.54, 1.807) is 6.20 Å². The SMILES string of the molecule is Cc1ccncc1-c1nc(=S)c(C)c(-c2ccccc2)[nH]1. The van der Waals surface area contributed by atoms with Gasteiger partial charge in [0.15, 0.2) is 0 Å². The van der Waals surface area contributed by atoms with Gasteiger partial charge in [0.25, 0.3) is 0 Å². The van der Waals surface area contributed by atoms with Crippen LogP contribution >= 0.6 is 12.2 Å². The van der Waals surface area contributed by atoms with Gasteiger partial charge in [0, 0.05) is 23.5 Å². The molecule has 2 aromatic heterocycles. The molecule has 104 valence electrons. The second-order valence-corrected chi connectivity index (χ2v) is 5.33. The average molecular weight is 293 g/mol. The highest BCUT2D eigenvalue weighted by atomic mass is 32.1. The van der Waals surface area contributed by atoms with Crippen LogP contribution in [0.4, 0.5) is 0 Å². The van der Waals surface area contributed by atoms with Gasteiger partial charge in [-0.2, -0.15) is 0 Å². The number of aromatic amines is 1. The topological polar surface area (TPSA) is 41.6 Å². The number of H-pyrrole nitrogens is 1. The molecule has 0 aliphatic heterocycles. The van der Waals surface area contributed by atoms with Gasteiger partial charge in [-0.15, -0.1) is 0 Å². The molecule has 0 bridgehead atoms. The second kappa shape index (κ2) is 5.58. The molecular weight excluding hydrogens is 278 g/mol. The predicted molar refractivity (Wildman–Crippen MR) is 87.6 cm³/mol. The van der Waals surface area contributed by atoms with Gasteiger partial charge in [-0.05, 0) is 31.0 Å². The Morgan fingerprint density at radius 1 is 1.05 bits per heavy atom. The van der Waals surface area contributed by atoms with Gasteiger partial charge in [-0.25, -0.2) is 4.98 Å². The van der Waals surface area contributed by atoms with Gasteiger partial charge in [0.2, 0.25) is 0 Å². The Morgan fingerprint density at radius 3 is 2.52 bits per heavy atom. The van der Waals surface area contributed by atoms with Crippen LogP contribution < -0.4 is 0 Å². The summed E-state index contributed by atoms with van der Waals surface area (Å²) in [6.45, 7) is 4.03. The minimum Gasteiger partial charge on any atom is -0.339 e. The average Bonchev–Trinajstić information content (AvgIpc) is 2.51. The van der Waals surface area contributed by atoms with E-state index in [0.717, 1.165) is 33.8 Å². The van der Waals surface area contributed by atoms with Crippen LogP contribution in [0, 0.1) is 18.5 Å². The first-order chi connectivity index (χ1) is 10.2. The third-order valence-corrected chi connectivity index (χ3v) is 3.91. The Bertz CT molecular complexity index is 838. The third-order valence-electron chi connectivity index (χ3n) is 3.51. The molecule has 1 aromatic carbocycles. The van der Waals surface area contributed by atoms with Gasteiger partial charge in [-0.3, -0.25) is 4.98 Å². The van der Waals surface area contributed by atoms with Crippen molar-refractivity contribution in [2.45, 2.75) is 13.8 Å². The van der Waals surface area contributed by atoms with Crippen molar-refractivity contribution in [3.63, 3.8) is 0 Å². The molecule has 0 unspecified atom stereocenters. The van der Waals surface area contributed by atoms with E-state index < -0.39 is 0 Å². The molecule has 0 atom stereocenters. The maximum Gasteiger partial charge on any atom is 0.141 e. The highest BCUT2D eigenvalue weighted by molar-refractivity contribution is 7.71. The molecule has 0 aliphatic rings. The van der Waals surface area contributed by atoms with Crippen LogP contribution in [0.1, 0.15) is 11.1 Å². The van der Waals surface area contributed by atoms with Gasteiger partial charge in [0.1, 0.15) is 10.5 Å². The van der Waals surface area contributed by atoms with Crippen molar-refractivity contribution >= 4 is 12.2 Å². The summed E-state index contributed by atoms with van der Waals surface area (Å²) in [5.41, 5.74) is 5.19. The molecule has 21 heavy (non-hydrogen) atoms. The summed E-state index contributed by atoms with van der Waals surface area (Å²) in [7, 11) is 0. The van der Waals surface area contributed by atoms with E-state index in [4.69, 9.17) is 12.2 Å². The van der Waals surface area contributed by atoms with Crippen LogP contribution in [-0.2, 0) is 0 Å². The zero-order valence-electron chi connectivity index (χ0n) is 11.9. The highest BCUT2D eigenvalue weighted by Crippen LogP contribution is 2.25. The number of aryl methyl sites for hydroxylation is 1. The first-order valence-corrected chi connectivity index (χ1v) is 7.15. The number of nitrogens with zero attached hydrogens (tertiary/aromatic N) is 2. The lowest BCUT2D eigenvalue weighted by molar-refractivity contribution is 1.11. The first kappa shape index (κ1) is 13.6. The molecule has 0 amide bonds. The summed E-state index contributed by atoms with van der Waals surface area (Å²) >= 11 is 5.42. The van der Waals surface area contributed by atoms with Crippen LogP contribution in [0.3, 0.4) is 0 Å². The number of aromatic nitrogens is 3. The molecule has 3 rings (SSSR count). The van der Waals surface area contributed by atoms with Crippen molar-refractivity contribution in [1.82, 2.24) is 15.0 Å². The third kappa shape index (κ3) is 2.62. The Kier molecular flexibility index (Phi) is 3.62. The minimum atomic E-state index is 0.617. The molecule has 0 saturated carbocycles. The van der Waals surface area contributed by atoms with Crippen LogP contribution in [0.2, 0.25) is 0 Å². The standard InChI is InChI=1S/C17H15N3S/c1-11-8-9-18-10-14(11)16-19-15(12(2)17(21)20-16)13-6-4-3-5-7-13/h3-10H,1-2H3,(H,19,20,21). The Balaban J connectivity index is 2.24. The molecule has 0 saturated heterocycles. The summed E-state index contributed by atoms with van der Waals surface area (Å²) in [4.78, 5) is 12.1. The van der Waals surface area contributed by atoms with Crippen molar-refractivity contribution in [1.29, 1.82) is 0 Å². The second-order valence-electron chi connectivity index (χ2n) is 4.95. The number of rotatable bonds is 2. The highest BCUT2D eigenvalue weighted by Gasteiger charge is 2.10. The minimum absolute atomic E-state index is 0.617. The van der Waals surface area contributed by atoms with Crippen molar-refractivity contribution in [3.05, 3.63) is 64.6 Å². The summed E-state index contributed by atoms with van der Waals surface area (Å²) < 4.78 is 0.617. The lowest BCUT2D eigenvalue weighted by atomic mass is 10.1. The molecule has 0 fully saturated rings. The normalized spacial score (nSPS) is 10.6. The molecular formula is C17H15N3S. The number of hydrogen-bond acceptors (Lipinski definition) is 3. The van der Waals surface area contributed by atoms with E-state index in [1.165, 1.54) is 0 Å². The molecule has 0 aliphatic carbocycles. The fourth-order valence-electron chi connectivity index (χ4n) is 2.27. The zero-order valence-corrected chi connectivity index (χ0v) is 12.7. The lowest BCUT2D eigenvalue weighted by Gasteiger charge is -2.11. The summed E-state index contributed by atoms with van der Waals surface area (Å²) in [5.74, 6) is 0.759. The molecule has 1 N–H and O–H groups in total. The predicted octanol–water partition coefficient (Wildman–Crippen LogP) is 4.49. The molecule has 0 radical (unpaired) electrons. The van der Waals surface area contributed by atoms with E-state index in [1.807, 2.05) is 44.3 Å². The van der Waals surface area contributed by atoms with E-state index in [-0.39, 0.29) is 0 Å². The molecule has 3 nitrogen and oxygen atoms in total. The summed E-state index contributed by atoms with van der Waals surface area (Å²) in [5, 5.41) is 0. The molecule has 3 aromatic rings. The number of nitrogens with one attached hydrogen (secondary N) is 1. The van der Waals surface area contributed by atoms with Gasteiger partial charge in [0.05, 0.1) is 5.69 Å². The quantitative estimate of drug-likeness (QED) is 0.708. The van der Waals surface area contributed by atoms with Gasteiger partial charge < -0.3 is 4.98 Å². The molecule has 4 heteroatoms. The van der Waals surface area contributed by atoms with Crippen LogP contribution in [0.25, 0.3) is 22.6 Å². The van der Waals surface area contributed by atoms with Gasteiger partial charge >= 0.3 is 0 Å². The zero-order chi connectivity index (χ0) is 14.8. The fourth-order valence-corrected chi connectivity index (χ4v) is 2.46. The van der Waals surface area contributed by atoms with Gasteiger partial charge in [-0.1, -0.05) is 42.5 Å². The van der Waals surface area contributed by atoms with Crippen molar-refractivity contribution in [2.24, 2.45) is 0 Å². The molecule has 2 heterocycles. The van der Waals surface area contributed by atoms with Crippen LogP contribution in [0.5, 0.6) is 0 Å². The lowest BCUT2D eigenvalue weighted by Crippen LogP contribution is -1.98. The van der Waals surface area contributed by atoms with E-state index >= 15 is 0 Å². The summed E-state index contributed by atoms with van der Waals surface area (Å²) in [6, 6.07) is 12.1. The maximum atomic E-state index is 5.42. The maximum absolute atomic E-state index is 5.42. The van der Waals surface area contributed by atoms with Crippen LogP contribution in [0.15, 0.2) is 48.8 Å². The number of benzene rings is 1. The van der Waals surface area contributed by atoms with E-state index in [2.05, 4.69) is 27.1 Å². The fraction of sp³-hybridized carbons (Fsp3) is 0.118. The smallest absolute Gasteiger partial charge is 0.141 e. The number of pyridine rings is 1. The molecule has 0 spiro atoms. The largest absolute Gasteiger partial charge is 0.339 e. The number of hydrogen-bond donors (Lipinski definition) is 1.